The lowest BCUT2D eigenvalue weighted by atomic mass is 9.95. The summed E-state index contributed by atoms with van der Waals surface area (Å²) in [4.78, 5) is 2.72. The van der Waals surface area contributed by atoms with E-state index >= 15 is 0 Å². The summed E-state index contributed by atoms with van der Waals surface area (Å²) in [5, 5.41) is 3.60. The third-order valence-corrected chi connectivity index (χ3v) is 3.84. The van der Waals surface area contributed by atoms with Gasteiger partial charge in [0.05, 0.1) is 0 Å². The van der Waals surface area contributed by atoms with Crippen molar-refractivity contribution in [3.05, 3.63) is 0 Å². The van der Waals surface area contributed by atoms with E-state index in [9.17, 15) is 0 Å². The Bertz CT molecular complexity index is 173. The van der Waals surface area contributed by atoms with E-state index < -0.39 is 0 Å². The highest BCUT2D eigenvalue weighted by Crippen LogP contribution is 2.21. The van der Waals surface area contributed by atoms with Crippen LogP contribution >= 0.6 is 0 Å². The van der Waals surface area contributed by atoms with E-state index in [0.717, 1.165) is 18.0 Å². The maximum atomic E-state index is 3.60. The molecule has 0 amide bonds. The zero-order valence-corrected chi connectivity index (χ0v) is 9.63. The predicted molar refractivity (Wildman–Crippen MR) is 60.5 cm³/mol. The largest absolute Gasteiger partial charge is 0.313 e. The van der Waals surface area contributed by atoms with Crippen LogP contribution < -0.4 is 5.32 Å². The van der Waals surface area contributed by atoms with Crippen molar-refractivity contribution < 1.29 is 0 Å². The molecule has 0 aromatic carbocycles. The Morgan fingerprint density at radius 2 is 2.00 bits per heavy atom. The number of nitrogens with zero attached hydrogens (tertiary/aromatic N) is 1. The molecule has 2 nitrogen and oxygen atoms in total. The summed E-state index contributed by atoms with van der Waals surface area (Å²) >= 11 is 0. The molecule has 2 fully saturated rings. The van der Waals surface area contributed by atoms with Gasteiger partial charge in [-0.1, -0.05) is 6.92 Å². The maximum Gasteiger partial charge on any atom is 0.0221 e. The van der Waals surface area contributed by atoms with Crippen molar-refractivity contribution in [1.82, 2.24) is 10.2 Å². The molecule has 0 radical (unpaired) electrons. The van der Waals surface area contributed by atoms with Crippen LogP contribution in [0.3, 0.4) is 0 Å². The van der Waals surface area contributed by atoms with Gasteiger partial charge in [0.25, 0.3) is 0 Å². The quantitative estimate of drug-likeness (QED) is 0.688. The minimum atomic E-state index is 0.744. The average molecular weight is 196 g/mol. The van der Waals surface area contributed by atoms with Gasteiger partial charge in [-0.15, -0.1) is 0 Å². The predicted octanol–water partition coefficient (Wildman–Crippen LogP) is 1.86. The first-order valence-electron chi connectivity index (χ1n) is 6.23. The van der Waals surface area contributed by atoms with E-state index in [1.54, 1.807) is 0 Å². The Balaban J connectivity index is 1.82. The second-order valence-electron chi connectivity index (χ2n) is 5.28. The maximum absolute atomic E-state index is 3.60. The zero-order valence-electron chi connectivity index (χ0n) is 9.63. The molecule has 0 spiro atoms. The number of hydrogen-bond donors (Lipinski definition) is 1. The lowest BCUT2D eigenvalue weighted by Gasteiger charge is -2.40. The summed E-state index contributed by atoms with van der Waals surface area (Å²) in [5.41, 5.74) is 0. The Kier molecular flexibility index (Phi) is 3.45. The van der Waals surface area contributed by atoms with E-state index in [2.05, 4.69) is 24.1 Å². The lowest BCUT2D eigenvalue weighted by molar-refractivity contribution is 0.104. The molecule has 2 saturated heterocycles. The summed E-state index contributed by atoms with van der Waals surface area (Å²) in [6, 6.07) is 1.57. The van der Waals surface area contributed by atoms with Crippen molar-refractivity contribution in [1.29, 1.82) is 0 Å². The van der Waals surface area contributed by atoms with Crippen LogP contribution in [0.5, 0.6) is 0 Å². The summed E-state index contributed by atoms with van der Waals surface area (Å²) < 4.78 is 0. The first kappa shape index (κ1) is 10.4. The van der Waals surface area contributed by atoms with Gasteiger partial charge in [-0.2, -0.15) is 0 Å². The molecule has 2 aliphatic rings. The SMILES string of the molecule is CC1CCCN(C2CCC(C)NC2)C1. The van der Waals surface area contributed by atoms with Crippen LogP contribution in [0.1, 0.15) is 39.5 Å². The van der Waals surface area contributed by atoms with Gasteiger partial charge >= 0.3 is 0 Å². The topological polar surface area (TPSA) is 15.3 Å². The fourth-order valence-corrected chi connectivity index (χ4v) is 2.85. The van der Waals surface area contributed by atoms with Gasteiger partial charge in [0.15, 0.2) is 0 Å². The Morgan fingerprint density at radius 3 is 2.64 bits per heavy atom. The molecular formula is C12H24N2. The molecule has 2 rings (SSSR count). The van der Waals surface area contributed by atoms with Gasteiger partial charge < -0.3 is 5.32 Å². The van der Waals surface area contributed by atoms with E-state index in [0.29, 0.717) is 0 Å². The molecule has 2 aliphatic heterocycles. The van der Waals surface area contributed by atoms with E-state index in [4.69, 9.17) is 0 Å². The zero-order chi connectivity index (χ0) is 9.97. The lowest BCUT2D eigenvalue weighted by Crippen LogP contribution is -2.51. The van der Waals surface area contributed by atoms with Gasteiger partial charge in [-0.25, -0.2) is 0 Å². The van der Waals surface area contributed by atoms with E-state index in [-0.39, 0.29) is 0 Å². The molecular weight excluding hydrogens is 172 g/mol. The van der Waals surface area contributed by atoms with Crippen molar-refractivity contribution in [3.8, 4) is 0 Å². The number of nitrogens with one attached hydrogen (secondary N) is 1. The number of piperidine rings is 2. The normalized spacial score (nSPS) is 41.1. The van der Waals surface area contributed by atoms with Crippen molar-refractivity contribution in [2.75, 3.05) is 19.6 Å². The van der Waals surface area contributed by atoms with Crippen LogP contribution in [0.2, 0.25) is 0 Å². The summed E-state index contributed by atoms with van der Waals surface area (Å²) in [6.45, 7) is 8.58. The third-order valence-electron chi connectivity index (χ3n) is 3.84. The van der Waals surface area contributed by atoms with Crippen molar-refractivity contribution in [2.24, 2.45) is 5.92 Å². The molecule has 3 atom stereocenters. The second-order valence-corrected chi connectivity index (χ2v) is 5.28. The van der Waals surface area contributed by atoms with Crippen LogP contribution in [0, 0.1) is 5.92 Å². The van der Waals surface area contributed by atoms with E-state index in [1.807, 2.05) is 0 Å². The number of likely N-dealkylation sites (tertiary alicyclic amines) is 1. The smallest absolute Gasteiger partial charge is 0.0221 e. The Morgan fingerprint density at radius 1 is 1.14 bits per heavy atom. The minimum absolute atomic E-state index is 0.744. The highest BCUT2D eigenvalue weighted by Gasteiger charge is 2.26. The van der Waals surface area contributed by atoms with E-state index in [1.165, 1.54) is 45.3 Å². The van der Waals surface area contributed by atoms with Gasteiger partial charge in [-0.05, 0) is 45.1 Å². The van der Waals surface area contributed by atoms with Crippen molar-refractivity contribution in [3.63, 3.8) is 0 Å². The van der Waals surface area contributed by atoms with Crippen LogP contribution in [0.25, 0.3) is 0 Å². The molecule has 0 aromatic heterocycles. The second kappa shape index (κ2) is 4.63. The highest BCUT2D eigenvalue weighted by molar-refractivity contribution is 4.84. The van der Waals surface area contributed by atoms with Gasteiger partial charge in [0, 0.05) is 25.2 Å². The Labute approximate surface area is 88.1 Å². The molecule has 0 saturated carbocycles. The first-order valence-corrected chi connectivity index (χ1v) is 6.23. The van der Waals surface area contributed by atoms with Crippen LogP contribution in [-0.4, -0.2) is 36.6 Å². The summed E-state index contributed by atoms with van der Waals surface area (Å²) in [5.74, 6) is 0.920. The number of rotatable bonds is 1. The Hall–Kier alpha value is -0.0800. The molecule has 2 heteroatoms. The summed E-state index contributed by atoms with van der Waals surface area (Å²) in [7, 11) is 0. The number of hydrogen-bond acceptors (Lipinski definition) is 2. The highest BCUT2D eigenvalue weighted by atomic mass is 15.2. The molecule has 1 N–H and O–H groups in total. The van der Waals surface area contributed by atoms with Gasteiger partial charge in [-0.3, -0.25) is 4.90 Å². The molecule has 82 valence electrons. The molecule has 0 aliphatic carbocycles. The van der Waals surface area contributed by atoms with Gasteiger partial charge in [0.2, 0.25) is 0 Å². The minimum Gasteiger partial charge on any atom is -0.313 e. The average Bonchev–Trinajstić information content (AvgIpc) is 2.19. The molecule has 3 unspecified atom stereocenters. The van der Waals surface area contributed by atoms with Crippen molar-refractivity contribution >= 4 is 0 Å². The fraction of sp³-hybridized carbons (Fsp3) is 1.00. The third kappa shape index (κ3) is 2.48. The van der Waals surface area contributed by atoms with Crippen LogP contribution in [0.4, 0.5) is 0 Å². The monoisotopic (exact) mass is 196 g/mol. The first-order chi connectivity index (χ1) is 6.75. The molecule has 14 heavy (non-hydrogen) atoms. The van der Waals surface area contributed by atoms with Gasteiger partial charge in [0.1, 0.15) is 0 Å². The standard InChI is InChI=1S/C12H24N2/c1-10-4-3-7-14(9-10)12-6-5-11(2)13-8-12/h10-13H,3-9H2,1-2H3. The van der Waals surface area contributed by atoms with Crippen LogP contribution in [0.15, 0.2) is 0 Å². The van der Waals surface area contributed by atoms with Crippen LogP contribution in [-0.2, 0) is 0 Å². The summed E-state index contributed by atoms with van der Waals surface area (Å²) in [6.07, 6.45) is 5.61. The molecule has 0 aromatic rings. The van der Waals surface area contributed by atoms with Crippen molar-refractivity contribution in [2.45, 2.75) is 51.6 Å². The fourth-order valence-electron chi connectivity index (χ4n) is 2.85. The molecule has 0 bridgehead atoms. The molecule has 2 heterocycles.